The van der Waals surface area contributed by atoms with E-state index in [-0.39, 0.29) is 5.41 Å². The van der Waals surface area contributed by atoms with Crippen molar-refractivity contribution < 1.29 is 4.74 Å². The van der Waals surface area contributed by atoms with Crippen molar-refractivity contribution in [1.29, 1.82) is 0 Å². The maximum absolute atomic E-state index is 6.02. The minimum atomic E-state index is 0.0178. The third kappa shape index (κ3) is 3.79. The Morgan fingerprint density at radius 1 is 1.17 bits per heavy atom. The van der Waals surface area contributed by atoms with Gasteiger partial charge in [0.1, 0.15) is 0 Å². The summed E-state index contributed by atoms with van der Waals surface area (Å²) >= 11 is 11.9. The number of pyridine rings is 1. The quantitative estimate of drug-likeness (QED) is 0.811. The summed E-state index contributed by atoms with van der Waals surface area (Å²) in [6.07, 6.45) is 1.61. The van der Waals surface area contributed by atoms with Crippen LogP contribution in [0, 0.1) is 5.41 Å². The Bertz CT molecular complexity index is 660. The molecule has 1 aromatic heterocycles. The Balaban J connectivity index is 1.76. The number of halogens is 2. The molecule has 2 atom stereocenters. The molecule has 1 saturated heterocycles. The van der Waals surface area contributed by atoms with E-state index in [1.165, 1.54) is 5.56 Å². The first-order chi connectivity index (χ1) is 11.0. The minimum Gasteiger partial charge on any atom is -0.477 e. The average Bonchev–Trinajstić information content (AvgIpc) is 2.83. The van der Waals surface area contributed by atoms with Crippen LogP contribution in [-0.2, 0) is 0 Å². The Kier molecular flexibility index (Phi) is 4.81. The summed E-state index contributed by atoms with van der Waals surface area (Å²) in [6, 6.07) is 11.7. The molecule has 1 fully saturated rings. The number of hydrogen-bond acceptors (Lipinski definition) is 3. The highest BCUT2D eigenvalue weighted by molar-refractivity contribution is 6.30. The zero-order chi connectivity index (χ0) is 16.4. The van der Waals surface area contributed by atoms with Crippen molar-refractivity contribution in [1.82, 2.24) is 9.88 Å². The van der Waals surface area contributed by atoms with Gasteiger partial charge in [-0.05, 0) is 30.8 Å². The third-order valence-electron chi connectivity index (χ3n) is 4.49. The first-order valence-corrected chi connectivity index (χ1v) is 8.40. The minimum absolute atomic E-state index is 0.0178. The number of likely N-dealkylation sites (tertiary alicyclic amines) is 1. The summed E-state index contributed by atoms with van der Waals surface area (Å²) in [4.78, 5) is 6.56. The molecule has 0 saturated carbocycles. The number of rotatable bonds is 4. The van der Waals surface area contributed by atoms with Crippen LogP contribution < -0.4 is 4.74 Å². The number of likely N-dealkylation sites (N-methyl/N-ethyl adjacent to an activating group) is 1. The molecular formula is C18H20Cl2N2O. The monoisotopic (exact) mass is 350 g/mol. The summed E-state index contributed by atoms with van der Waals surface area (Å²) < 4.78 is 5.95. The van der Waals surface area contributed by atoms with Crippen molar-refractivity contribution in [2.24, 2.45) is 5.41 Å². The van der Waals surface area contributed by atoms with Crippen molar-refractivity contribution >= 4 is 23.2 Å². The van der Waals surface area contributed by atoms with E-state index in [0.29, 0.717) is 23.4 Å². The fourth-order valence-electron chi connectivity index (χ4n) is 3.36. The number of nitrogens with zero attached hydrogens (tertiary/aromatic N) is 2. The van der Waals surface area contributed by atoms with E-state index in [1.807, 2.05) is 18.2 Å². The molecule has 0 radical (unpaired) electrons. The molecule has 2 aromatic rings. The predicted octanol–water partition coefficient (Wildman–Crippen LogP) is 4.50. The standard InChI is InChI=1S/C18H20Cl2N2O/c1-18(12-23-17-8-7-15(20)9-21-17)11-22(2)10-16(18)13-3-5-14(19)6-4-13/h3-9,16H,10-12H2,1-2H3. The molecule has 1 aliphatic heterocycles. The van der Waals surface area contributed by atoms with E-state index in [2.05, 4.69) is 36.0 Å². The lowest BCUT2D eigenvalue weighted by Crippen LogP contribution is -2.32. The van der Waals surface area contributed by atoms with Crippen molar-refractivity contribution in [2.45, 2.75) is 12.8 Å². The molecule has 2 unspecified atom stereocenters. The molecule has 0 bridgehead atoms. The van der Waals surface area contributed by atoms with Gasteiger partial charge in [0.15, 0.2) is 0 Å². The highest BCUT2D eigenvalue weighted by Gasteiger charge is 2.43. The Morgan fingerprint density at radius 3 is 2.52 bits per heavy atom. The highest BCUT2D eigenvalue weighted by atomic mass is 35.5. The van der Waals surface area contributed by atoms with Crippen LogP contribution in [0.3, 0.4) is 0 Å². The van der Waals surface area contributed by atoms with Crippen LogP contribution >= 0.6 is 23.2 Å². The lowest BCUT2D eigenvalue weighted by atomic mass is 9.77. The highest BCUT2D eigenvalue weighted by Crippen LogP contribution is 2.42. The van der Waals surface area contributed by atoms with Crippen LogP contribution in [0.5, 0.6) is 5.88 Å². The van der Waals surface area contributed by atoms with Crippen LogP contribution in [0.4, 0.5) is 0 Å². The first-order valence-electron chi connectivity index (χ1n) is 7.65. The fraction of sp³-hybridized carbons (Fsp3) is 0.389. The third-order valence-corrected chi connectivity index (χ3v) is 4.96. The lowest BCUT2D eigenvalue weighted by Gasteiger charge is -2.30. The molecule has 0 amide bonds. The molecule has 1 aliphatic rings. The van der Waals surface area contributed by atoms with E-state index in [1.54, 1.807) is 12.3 Å². The molecule has 3 nitrogen and oxygen atoms in total. The first kappa shape index (κ1) is 16.6. The topological polar surface area (TPSA) is 25.4 Å². The Labute approximate surface area is 147 Å². The van der Waals surface area contributed by atoms with Gasteiger partial charge in [-0.25, -0.2) is 4.98 Å². The van der Waals surface area contributed by atoms with E-state index in [9.17, 15) is 0 Å². The number of hydrogen-bond donors (Lipinski definition) is 0. The molecule has 122 valence electrons. The molecule has 0 N–H and O–H groups in total. The number of ether oxygens (including phenoxy) is 1. The zero-order valence-electron chi connectivity index (χ0n) is 13.3. The second-order valence-corrected chi connectivity index (χ2v) is 7.43. The van der Waals surface area contributed by atoms with Gasteiger partial charge in [0.05, 0.1) is 11.6 Å². The molecule has 1 aromatic carbocycles. The van der Waals surface area contributed by atoms with Gasteiger partial charge in [0, 0.05) is 41.7 Å². The van der Waals surface area contributed by atoms with Gasteiger partial charge in [-0.1, -0.05) is 42.3 Å². The molecule has 0 aliphatic carbocycles. The summed E-state index contributed by atoms with van der Waals surface area (Å²) in [6.45, 7) is 4.87. The van der Waals surface area contributed by atoms with Crippen LogP contribution in [0.1, 0.15) is 18.4 Å². The Hall–Kier alpha value is -1.29. The summed E-state index contributed by atoms with van der Waals surface area (Å²) in [5.41, 5.74) is 1.32. The van der Waals surface area contributed by atoms with Crippen LogP contribution in [0.25, 0.3) is 0 Å². The largest absolute Gasteiger partial charge is 0.477 e. The van der Waals surface area contributed by atoms with Gasteiger partial charge in [-0.15, -0.1) is 0 Å². The number of aromatic nitrogens is 1. The zero-order valence-corrected chi connectivity index (χ0v) is 14.8. The Morgan fingerprint density at radius 2 is 1.87 bits per heavy atom. The van der Waals surface area contributed by atoms with E-state index >= 15 is 0 Å². The van der Waals surface area contributed by atoms with Crippen LogP contribution in [0.15, 0.2) is 42.6 Å². The van der Waals surface area contributed by atoms with Gasteiger partial charge in [0.2, 0.25) is 5.88 Å². The predicted molar refractivity (Wildman–Crippen MR) is 94.5 cm³/mol. The van der Waals surface area contributed by atoms with Gasteiger partial charge in [0.25, 0.3) is 0 Å². The molecule has 23 heavy (non-hydrogen) atoms. The van der Waals surface area contributed by atoms with Gasteiger partial charge >= 0.3 is 0 Å². The van der Waals surface area contributed by atoms with E-state index < -0.39 is 0 Å². The summed E-state index contributed by atoms with van der Waals surface area (Å²) in [5.74, 6) is 1.01. The molecular weight excluding hydrogens is 331 g/mol. The molecule has 0 spiro atoms. The SMILES string of the molecule is CN1CC(c2ccc(Cl)cc2)C(C)(COc2ccc(Cl)cn2)C1. The van der Waals surface area contributed by atoms with Crippen molar-refractivity contribution in [2.75, 3.05) is 26.7 Å². The molecule has 3 rings (SSSR count). The van der Waals surface area contributed by atoms with E-state index in [0.717, 1.165) is 18.1 Å². The summed E-state index contributed by atoms with van der Waals surface area (Å²) in [5, 5.41) is 1.38. The van der Waals surface area contributed by atoms with Gasteiger partial charge in [-0.2, -0.15) is 0 Å². The van der Waals surface area contributed by atoms with Gasteiger partial charge < -0.3 is 9.64 Å². The number of benzene rings is 1. The summed E-state index contributed by atoms with van der Waals surface area (Å²) in [7, 11) is 2.15. The fourth-order valence-corrected chi connectivity index (χ4v) is 3.60. The second-order valence-electron chi connectivity index (χ2n) is 6.56. The molecule has 5 heteroatoms. The van der Waals surface area contributed by atoms with E-state index in [4.69, 9.17) is 27.9 Å². The smallest absolute Gasteiger partial charge is 0.213 e. The van der Waals surface area contributed by atoms with Crippen molar-refractivity contribution in [3.8, 4) is 5.88 Å². The lowest BCUT2D eigenvalue weighted by molar-refractivity contribution is 0.150. The van der Waals surface area contributed by atoms with Gasteiger partial charge in [-0.3, -0.25) is 0 Å². The van der Waals surface area contributed by atoms with Crippen LogP contribution in [-0.4, -0.2) is 36.6 Å². The van der Waals surface area contributed by atoms with Crippen molar-refractivity contribution in [3.05, 3.63) is 58.2 Å². The van der Waals surface area contributed by atoms with Crippen molar-refractivity contribution in [3.63, 3.8) is 0 Å². The second kappa shape index (κ2) is 6.68. The maximum atomic E-state index is 6.02. The maximum Gasteiger partial charge on any atom is 0.213 e. The molecule has 2 heterocycles. The van der Waals surface area contributed by atoms with Crippen LogP contribution in [0.2, 0.25) is 10.0 Å². The normalized spacial score (nSPS) is 24.8. The average molecular weight is 351 g/mol.